The first-order valence-corrected chi connectivity index (χ1v) is 5.16. The first-order valence-electron chi connectivity index (χ1n) is 5.16. The van der Waals surface area contributed by atoms with Crippen molar-refractivity contribution in [1.82, 2.24) is 10.3 Å². The van der Waals surface area contributed by atoms with Gasteiger partial charge < -0.3 is 5.32 Å². The van der Waals surface area contributed by atoms with Gasteiger partial charge in [-0.25, -0.2) is 0 Å². The Bertz CT molecular complexity index is 398. The van der Waals surface area contributed by atoms with E-state index in [4.69, 9.17) is 5.26 Å². The number of hydrogen-bond donors (Lipinski definition) is 1. The van der Waals surface area contributed by atoms with Gasteiger partial charge in [0.2, 0.25) is 0 Å². The Morgan fingerprint density at radius 1 is 1.31 bits per heavy atom. The van der Waals surface area contributed by atoms with Crippen molar-refractivity contribution in [3.05, 3.63) is 35.7 Å². The first-order chi connectivity index (χ1) is 7.42. The minimum absolute atomic E-state index is 0. The molecule has 1 aromatic heterocycles. The summed E-state index contributed by atoms with van der Waals surface area (Å²) in [6.07, 6.45) is 3.65. The third-order valence-corrected chi connectivity index (χ3v) is 2.59. The molecule has 16 heavy (non-hydrogen) atoms. The van der Waals surface area contributed by atoms with E-state index in [0.717, 1.165) is 37.2 Å². The molecule has 0 spiro atoms. The number of hydrogen-bond acceptors (Lipinski definition) is 3. The maximum absolute atomic E-state index is 9.16. The predicted molar refractivity (Wildman–Crippen MR) is 66.1 cm³/mol. The largest absolute Gasteiger partial charge is 0.316 e. The maximum Gasteiger partial charge on any atom is 0.101 e. The van der Waals surface area contributed by atoms with Crippen LogP contribution in [-0.4, -0.2) is 18.1 Å². The van der Waals surface area contributed by atoms with Gasteiger partial charge in [-0.2, -0.15) is 5.26 Å². The standard InChI is InChI=1S/C12H13N3.ClH/c13-9-11(10-4-7-14-8-5-10)12-3-1-2-6-15-12;/h1-3,6,14H,4-5,7-8H2;1H. The summed E-state index contributed by atoms with van der Waals surface area (Å²) in [5, 5.41) is 12.4. The van der Waals surface area contributed by atoms with Crippen molar-refractivity contribution in [2.24, 2.45) is 0 Å². The number of rotatable bonds is 1. The lowest BCUT2D eigenvalue weighted by atomic mass is 9.97. The summed E-state index contributed by atoms with van der Waals surface area (Å²) in [6.45, 7) is 1.93. The van der Waals surface area contributed by atoms with Gasteiger partial charge in [-0.05, 0) is 43.6 Å². The minimum Gasteiger partial charge on any atom is -0.316 e. The van der Waals surface area contributed by atoms with Crippen LogP contribution in [0.25, 0.3) is 5.57 Å². The van der Waals surface area contributed by atoms with Crippen LogP contribution in [0.5, 0.6) is 0 Å². The average Bonchev–Trinajstić information content (AvgIpc) is 2.33. The molecule has 1 aromatic rings. The van der Waals surface area contributed by atoms with Gasteiger partial charge in [-0.15, -0.1) is 12.4 Å². The number of pyridine rings is 1. The minimum atomic E-state index is 0. The van der Waals surface area contributed by atoms with Gasteiger partial charge in [0, 0.05) is 6.20 Å². The number of nitrogens with zero attached hydrogens (tertiary/aromatic N) is 2. The monoisotopic (exact) mass is 235 g/mol. The van der Waals surface area contributed by atoms with E-state index in [2.05, 4.69) is 16.4 Å². The number of allylic oxidation sites excluding steroid dienone is 1. The zero-order chi connectivity index (χ0) is 10.5. The summed E-state index contributed by atoms with van der Waals surface area (Å²) in [7, 11) is 0. The van der Waals surface area contributed by atoms with Crippen molar-refractivity contribution in [2.45, 2.75) is 12.8 Å². The van der Waals surface area contributed by atoms with Crippen LogP contribution in [0.1, 0.15) is 18.5 Å². The number of nitriles is 1. The molecule has 2 heterocycles. The quantitative estimate of drug-likeness (QED) is 0.759. The summed E-state index contributed by atoms with van der Waals surface area (Å²) in [5.74, 6) is 0. The lowest BCUT2D eigenvalue weighted by Gasteiger charge is -2.16. The highest BCUT2D eigenvalue weighted by Gasteiger charge is 2.12. The van der Waals surface area contributed by atoms with Crippen molar-refractivity contribution in [2.75, 3.05) is 13.1 Å². The van der Waals surface area contributed by atoms with Gasteiger partial charge in [0.15, 0.2) is 0 Å². The van der Waals surface area contributed by atoms with Gasteiger partial charge in [0.25, 0.3) is 0 Å². The molecular weight excluding hydrogens is 222 g/mol. The normalized spacial score (nSPS) is 14.8. The fraction of sp³-hybridized carbons (Fsp3) is 0.333. The first kappa shape index (κ1) is 12.7. The van der Waals surface area contributed by atoms with Crippen LogP contribution in [0, 0.1) is 11.3 Å². The van der Waals surface area contributed by atoms with Gasteiger partial charge in [-0.3, -0.25) is 4.98 Å². The lowest BCUT2D eigenvalue weighted by Crippen LogP contribution is -2.23. The van der Waals surface area contributed by atoms with E-state index >= 15 is 0 Å². The molecule has 1 aliphatic rings. The lowest BCUT2D eigenvalue weighted by molar-refractivity contribution is 0.612. The number of aromatic nitrogens is 1. The highest BCUT2D eigenvalue weighted by molar-refractivity contribution is 5.85. The third kappa shape index (κ3) is 2.82. The van der Waals surface area contributed by atoms with E-state index in [0.29, 0.717) is 0 Å². The van der Waals surface area contributed by atoms with Crippen LogP contribution in [0.15, 0.2) is 30.0 Å². The SMILES string of the molecule is Cl.N#CC(=C1CCNCC1)c1ccccn1. The van der Waals surface area contributed by atoms with Crippen LogP contribution in [-0.2, 0) is 0 Å². The Morgan fingerprint density at radius 3 is 2.62 bits per heavy atom. The van der Waals surface area contributed by atoms with E-state index in [1.165, 1.54) is 5.57 Å². The Kier molecular flexibility index (Phi) is 4.97. The summed E-state index contributed by atoms with van der Waals surface area (Å²) in [6, 6.07) is 7.96. The molecule has 3 nitrogen and oxygen atoms in total. The second-order valence-corrected chi connectivity index (χ2v) is 3.56. The molecule has 0 amide bonds. The van der Waals surface area contributed by atoms with Crippen molar-refractivity contribution in [3.8, 4) is 6.07 Å². The van der Waals surface area contributed by atoms with Gasteiger partial charge in [-0.1, -0.05) is 6.07 Å². The summed E-state index contributed by atoms with van der Waals surface area (Å²) < 4.78 is 0. The molecule has 1 fully saturated rings. The molecule has 0 atom stereocenters. The molecule has 84 valence electrons. The van der Waals surface area contributed by atoms with Gasteiger partial charge in [0.1, 0.15) is 6.07 Å². The second kappa shape index (κ2) is 6.26. The van der Waals surface area contributed by atoms with E-state index < -0.39 is 0 Å². The Morgan fingerprint density at radius 2 is 2.06 bits per heavy atom. The van der Waals surface area contributed by atoms with Gasteiger partial charge in [0.05, 0.1) is 11.3 Å². The number of nitrogens with one attached hydrogen (secondary N) is 1. The van der Waals surface area contributed by atoms with Crippen molar-refractivity contribution in [3.63, 3.8) is 0 Å². The van der Waals surface area contributed by atoms with Crippen LogP contribution in [0.3, 0.4) is 0 Å². The highest BCUT2D eigenvalue weighted by Crippen LogP contribution is 2.22. The molecule has 0 aromatic carbocycles. The van der Waals surface area contributed by atoms with E-state index in [-0.39, 0.29) is 12.4 Å². The molecule has 4 heteroatoms. The summed E-state index contributed by atoms with van der Waals surface area (Å²) >= 11 is 0. The highest BCUT2D eigenvalue weighted by atomic mass is 35.5. The fourth-order valence-electron chi connectivity index (χ4n) is 1.81. The van der Waals surface area contributed by atoms with Crippen LogP contribution < -0.4 is 5.32 Å². The van der Waals surface area contributed by atoms with Crippen LogP contribution in [0.2, 0.25) is 0 Å². The van der Waals surface area contributed by atoms with E-state index in [1.54, 1.807) is 6.20 Å². The molecule has 1 N–H and O–H groups in total. The van der Waals surface area contributed by atoms with E-state index in [1.807, 2.05) is 18.2 Å². The Hall–Kier alpha value is -1.37. The summed E-state index contributed by atoms with van der Waals surface area (Å²) in [4.78, 5) is 4.22. The molecular formula is C12H14ClN3. The number of piperidine rings is 1. The maximum atomic E-state index is 9.16. The van der Waals surface area contributed by atoms with E-state index in [9.17, 15) is 0 Å². The van der Waals surface area contributed by atoms with Crippen molar-refractivity contribution < 1.29 is 0 Å². The average molecular weight is 236 g/mol. The topological polar surface area (TPSA) is 48.7 Å². The van der Waals surface area contributed by atoms with Crippen molar-refractivity contribution in [1.29, 1.82) is 5.26 Å². The second-order valence-electron chi connectivity index (χ2n) is 3.56. The fourth-order valence-corrected chi connectivity index (χ4v) is 1.81. The van der Waals surface area contributed by atoms with Gasteiger partial charge >= 0.3 is 0 Å². The smallest absolute Gasteiger partial charge is 0.101 e. The zero-order valence-corrected chi connectivity index (χ0v) is 9.76. The summed E-state index contributed by atoms with van der Waals surface area (Å²) in [5.41, 5.74) is 2.80. The van der Waals surface area contributed by atoms with Crippen molar-refractivity contribution >= 4 is 18.0 Å². The molecule has 1 saturated heterocycles. The Balaban J connectivity index is 0.00000128. The third-order valence-electron chi connectivity index (χ3n) is 2.59. The molecule has 0 aliphatic carbocycles. The zero-order valence-electron chi connectivity index (χ0n) is 8.94. The Labute approximate surface area is 102 Å². The molecule has 1 aliphatic heterocycles. The van der Waals surface area contributed by atoms with Crippen LogP contribution >= 0.6 is 12.4 Å². The molecule has 0 radical (unpaired) electrons. The molecule has 2 rings (SSSR count). The molecule has 0 saturated carbocycles. The van der Waals surface area contributed by atoms with Crippen LogP contribution in [0.4, 0.5) is 0 Å². The number of halogens is 1. The molecule has 0 bridgehead atoms. The predicted octanol–water partition coefficient (Wildman–Crippen LogP) is 2.16. The molecule has 0 unspecified atom stereocenters.